The molecular formula is C16H26O7S. The van der Waals surface area contributed by atoms with Crippen molar-refractivity contribution >= 4 is 29.7 Å². The Morgan fingerprint density at radius 2 is 1.75 bits per heavy atom. The van der Waals surface area contributed by atoms with Crippen molar-refractivity contribution in [3.63, 3.8) is 0 Å². The summed E-state index contributed by atoms with van der Waals surface area (Å²) < 4.78 is 21.1. The molecule has 0 saturated carbocycles. The molecule has 0 N–H and O–H groups in total. The fourth-order valence-electron chi connectivity index (χ4n) is 2.52. The average molecular weight is 362 g/mol. The van der Waals surface area contributed by atoms with Gasteiger partial charge in [0.05, 0.1) is 13.5 Å². The third-order valence-electron chi connectivity index (χ3n) is 4.02. The first-order chi connectivity index (χ1) is 11.3. The minimum Gasteiger partial charge on any atom is -0.469 e. The minimum atomic E-state index is -0.528. The predicted octanol–water partition coefficient (Wildman–Crippen LogP) is 1.77. The zero-order valence-corrected chi connectivity index (χ0v) is 15.6. The first-order valence-electron chi connectivity index (χ1n) is 7.90. The summed E-state index contributed by atoms with van der Waals surface area (Å²) in [5, 5.41) is 0. The Bertz CT molecular complexity index is 454. The number of hydrogen-bond donors (Lipinski definition) is 0. The number of ether oxygens (including phenoxy) is 4. The Labute approximate surface area is 146 Å². The molecule has 1 saturated heterocycles. The predicted molar refractivity (Wildman–Crippen MR) is 88.3 cm³/mol. The second kappa shape index (κ2) is 9.88. The van der Waals surface area contributed by atoms with Crippen molar-refractivity contribution in [2.45, 2.75) is 51.8 Å². The number of carbonyl (C=O) groups excluding carboxylic acids is 3. The van der Waals surface area contributed by atoms with E-state index in [1.165, 1.54) is 32.7 Å². The number of thioether (sulfide) groups is 1. The van der Waals surface area contributed by atoms with Crippen molar-refractivity contribution in [2.75, 3.05) is 19.5 Å². The molecule has 0 aromatic heterocycles. The van der Waals surface area contributed by atoms with Crippen LogP contribution in [0, 0.1) is 11.8 Å². The minimum absolute atomic E-state index is 0.0262. The highest BCUT2D eigenvalue weighted by Crippen LogP contribution is 2.38. The first-order valence-corrected chi connectivity index (χ1v) is 8.95. The molecule has 0 bridgehead atoms. The molecule has 0 radical (unpaired) electrons. The molecule has 0 aromatic rings. The van der Waals surface area contributed by atoms with Crippen LogP contribution in [0.1, 0.15) is 34.1 Å². The second-order valence-electron chi connectivity index (χ2n) is 5.83. The topological polar surface area (TPSA) is 88.1 Å². The van der Waals surface area contributed by atoms with Crippen LogP contribution in [-0.2, 0) is 33.3 Å². The highest BCUT2D eigenvalue weighted by molar-refractivity contribution is 7.99. The Morgan fingerprint density at radius 1 is 1.08 bits per heavy atom. The van der Waals surface area contributed by atoms with E-state index in [4.69, 9.17) is 14.2 Å². The Hall–Kier alpha value is -1.28. The molecule has 0 aromatic carbocycles. The number of carbonyl (C=O) groups is 3. The van der Waals surface area contributed by atoms with Gasteiger partial charge in [-0.2, -0.15) is 0 Å². The van der Waals surface area contributed by atoms with Crippen molar-refractivity contribution in [2.24, 2.45) is 11.8 Å². The monoisotopic (exact) mass is 362 g/mol. The van der Waals surface area contributed by atoms with Gasteiger partial charge in [-0.05, 0) is 5.92 Å². The van der Waals surface area contributed by atoms with E-state index < -0.39 is 24.1 Å². The van der Waals surface area contributed by atoms with Crippen molar-refractivity contribution in [3.05, 3.63) is 0 Å². The number of esters is 3. The molecule has 24 heavy (non-hydrogen) atoms. The van der Waals surface area contributed by atoms with Gasteiger partial charge in [0.1, 0.15) is 24.3 Å². The summed E-state index contributed by atoms with van der Waals surface area (Å²) >= 11 is 1.51. The highest BCUT2D eigenvalue weighted by Gasteiger charge is 2.44. The van der Waals surface area contributed by atoms with Crippen LogP contribution in [0.5, 0.6) is 0 Å². The number of rotatable bonds is 7. The molecule has 1 fully saturated rings. The lowest BCUT2D eigenvalue weighted by molar-refractivity contribution is -0.191. The zero-order chi connectivity index (χ0) is 18.3. The van der Waals surface area contributed by atoms with Gasteiger partial charge in [-0.15, -0.1) is 11.8 Å². The molecule has 0 spiro atoms. The van der Waals surface area contributed by atoms with Gasteiger partial charge in [0.25, 0.3) is 0 Å². The van der Waals surface area contributed by atoms with Gasteiger partial charge in [-0.3, -0.25) is 14.4 Å². The van der Waals surface area contributed by atoms with Crippen LogP contribution in [0.15, 0.2) is 0 Å². The van der Waals surface area contributed by atoms with Gasteiger partial charge in [0.2, 0.25) is 0 Å². The lowest BCUT2D eigenvalue weighted by Crippen LogP contribution is -2.52. The first kappa shape index (κ1) is 20.8. The molecule has 0 amide bonds. The molecule has 138 valence electrons. The van der Waals surface area contributed by atoms with Crippen LogP contribution in [0.4, 0.5) is 0 Å². The van der Waals surface area contributed by atoms with E-state index >= 15 is 0 Å². The third kappa shape index (κ3) is 6.32. The fourth-order valence-corrected chi connectivity index (χ4v) is 3.81. The summed E-state index contributed by atoms with van der Waals surface area (Å²) in [6.07, 6.45) is -0.710. The van der Waals surface area contributed by atoms with Crippen LogP contribution in [-0.4, -0.2) is 55.0 Å². The van der Waals surface area contributed by atoms with Gasteiger partial charge in [-0.25, -0.2) is 0 Å². The highest BCUT2D eigenvalue weighted by atomic mass is 32.2. The lowest BCUT2D eigenvalue weighted by atomic mass is 9.85. The molecule has 1 aliphatic rings. The molecule has 8 heteroatoms. The standard InChI is InChI=1S/C16H26O7S/c1-9-10(2)16(24-7-6-14(19)20-5)23-13(8-21-11(3)17)15(9)22-12(4)18/h9-10,13,15-16H,6-8H2,1-5H3/t9-,10-,13-,15-,16+/m1/s1. The van der Waals surface area contributed by atoms with Crippen molar-refractivity contribution in [1.82, 2.24) is 0 Å². The van der Waals surface area contributed by atoms with E-state index in [2.05, 4.69) is 4.74 Å². The fraction of sp³-hybridized carbons (Fsp3) is 0.812. The molecule has 7 nitrogen and oxygen atoms in total. The van der Waals surface area contributed by atoms with Gasteiger partial charge < -0.3 is 18.9 Å². The normalized spacial score (nSPS) is 29.6. The molecular weight excluding hydrogens is 336 g/mol. The summed E-state index contributed by atoms with van der Waals surface area (Å²) in [4.78, 5) is 33.7. The van der Waals surface area contributed by atoms with Crippen LogP contribution < -0.4 is 0 Å². The van der Waals surface area contributed by atoms with Gasteiger partial charge in [0, 0.05) is 25.5 Å². The SMILES string of the molecule is COC(=O)CCS[C@@H]1O[C@H](COC(C)=O)[C@H](OC(C)=O)[C@H](C)[C@H]1C. The Kier molecular flexibility index (Phi) is 8.55. The molecule has 5 atom stereocenters. The van der Waals surface area contributed by atoms with E-state index in [-0.39, 0.29) is 29.8 Å². The summed E-state index contributed by atoms with van der Waals surface area (Å²) in [6.45, 7) is 6.68. The smallest absolute Gasteiger partial charge is 0.306 e. The summed E-state index contributed by atoms with van der Waals surface area (Å²) in [5.41, 5.74) is -0.183. The van der Waals surface area contributed by atoms with Gasteiger partial charge in [0.15, 0.2) is 0 Å². The maximum atomic E-state index is 11.4. The Balaban J connectivity index is 2.73. The van der Waals surface area contributed by atoms with Crippen LogP contribution >= 0.6 is 11.8 Å². The zero-order valence-electron chi connectivity index (χ0n) is 14.8. The van der Waals surface area contributed by atoms with E-state index in [1.54, 1.807) is 0 Å². The quantitative estimate of drug-likeness (QED) is 0.500. The molecule has 0 unspecified atom stereocenters. The molecule has 1 aliphatic heterocycles. The summed E-state index contributed by atoms with van der Waals surface area (Å²) in [7, 11) is 1.35. The van der Waals surface area contributed by atoms with E-state index in [9.17, 15) is 14.4 Å². The van der Waals surface area contributed by atoms with Crippen molar-refractivity contribution < 1.29 is 33.3 Å². The lowest BCUT2D eigenvalue weighted by Gasteiger charge is -2.43. The van der Waals surface area contributed by atoms with Gasteiger partial charge >= 0.3 is 17.9 Å². The second-order valence-corrected chi connectivity index (χ2v) is 7.04. The van der Waals surface area contributed by atoms with Crippen LogP contribution in [0.3, 0.4) is 0 Å². The van der Waals surface area contributed by atoms with Gasteiger partial charge in [-0.1, -0.05) is 13.8 Å². The molecule has 0 aliphatic carbocycles. The maximum absolute atomic E-state index is 11.4. The van der Waals surface area contributed by atoms with Crippen LogP contribution in [0.2, 0.25) is 0 Å². The Morgan fingerprint density at radius 3 is 2.29 bits per heavy atom. The third-order valence-corrected chi connectivity index (χ3v) is 5.33. The summed E-state index contributed by atoms with van der Waals surface area (Å²) in [6, 6.07) is 0. The maximum Gasteiger partial charge on any atom is 0.306 e. The van der Waals surface area contributed by atoms with Crippen molar-refractivity contribution in [3.8, 4) is 0 Å². The molecule has 1 rings (SSSR count). The van der Waals surface area contributed by atoms with E-state index in [0.717, 1.165) is 0 Å². The summed E-state index contributed by atoms with van der Waals surface area (Å²) in [5.74, 6) is -0.390. The number of methoxy groups -OCH3 is 1. The van der Waals surface area contributed by atoms with E-state index in [1.807, 2.05) is 13.8 Å². The number of hydrogen-bond acceptors (Lipinski definition) is 8. The average Bonchev–Trinajstić information content (AvgIpc) is 2.52. The van der Waals surface area contributed by atoms with Crippen molar-refractivity contribution in [1.29, 1.82) is 0 Å². The van der Waals surface area contributed by atoms with Crippen LogP contribution in [0.25, 0.3) is 0 Å². The van der Waals surface area contributed by atoms with E-state index in [0.29, 0.717) is 12.2 Å². The molecule has 1 heterocycles. The largest absolute Gasteiger partial charge is 0.469 e.